The molecule has 3 aromatic rings. The van der Waals surface area contributed by atoms with Crippen LogP contribution in [-0.2, 0) is 39.9 Å². The second-order valence-corrected chi connectivity index (χ2v) is 15.0. The lowest BCUT2D eigenvalue weighted by atomic mass is 9.95. The zero-order chi connectivity index (χ0) is 42.2. The minimum atomic E-state index is -1.66. The van der Waals surface area contributed by atoms with E-state index in [1.165, 1.54) is 35.1 Å². The summed E-state index contributed by atoms with van der Waals surface area (Å²) < 4.78 is 5.83. The number of ether oxygens (including phenoxy) is 1. The van der Waals surface area contributed by atoms with Gasteiger partial charge in [0.15, 0.2) is 11.7 Å². The molecular formula is C42H49N7O10. The zero-order valence-corrected chi connectivity index (χ0v) is 32.8. The summed E-state index contributed by atoms with van der Waals surface area (Å²) in [6.45, 7) is 3.13. The van der Waals surface area contributed by atoms with E-state index in [-0.39, 0.29) is 50.8 Å². The van der Waals surface area contributed by atoms with E-state index in [1.807, 2.05) is 6.07 Å². The standard InChI is InChI=1S/C42H49N7O10/c1-3-28-40(56)48-20-11-16-30(48)36(52)45-29(22-25-12-6-4-7-13-25)41(57)49-21-18-27(50)23-31(49)37(53)47-34(26-14-8-5-9-15-26)42(58)59-24(2)33(38(54)44-28)46-39(55)35-32(51)17-10-19-43-35/h4-10,12-15,17,19,24,27-31,33-34,50-51H,3,11,16,18,20-23H2,1-2H3,(H,44,54)(H,45,52)(H,46,55)(H,47,53)/t24-,27+,28-,29+,30+,31+,33+,34+/m1/s1. The van der Waals surface area contributed by atoms with Crippen LogP contribution in [-0.4, -0.2) is 122 Å². The van der Waals surface area contributed by atoms with Gasteiger partial charge in [0.25, 0.3) is 5.91 Å². The first-order valence-electron chi connectivity index (χ1n) is 19.8. The molecule has 6 amide bonds. The molecule has 2 aromatic carbocycles. The molecule has 0 bridgehead atoms. The number of pyridine rings is 1. The third-order valence-corrected chi connectivity index (χ3v) is 10.9. The van der Waals surface area contributed by atoms with E-state index >= 15 is 0 Å². The Morgan fingerprint density at radius 2 is 1.46 bits per heavy atom. The molecule has 3 aliphatic heterocycles. The van der Waals surface area contributed by atoms with Gasteiger partial charge in [0.1, 0.15) is 42.1 Å². The van der Waals surface area contributed by atoms with Gasteiger partial charge in [-0.3, -0.25) is 28.8 Å². The summed E-state index contributed by atoms with van der Waals surface area (Å²) in [5.41, 5.74) is 0.585. The number of cyclic esters (lactones) is 1. The van der Waals surface area contributed by atoms with E-state index in [0.29, 0.717) is 6.42 Å². The van der Waals surface area contributed by atoms with E-state index in [0.717, 1.165) is 5.56 Å². The first kappa shape index (κ1) is 42.3. The van der Waals surface area contributed by atoms with Crippen molar-refractivity contribution in [3.05, 3.63) is 95.8 Å². The maximum Gasteiger partial charge on any atom is 0.333 e. The first-order valence-corrected chi connectivity index (χ1v) is 19.8. The molecule has 0 radical (unpaired) electrons. The molecule has 3 fully saturated rings. The number of nitrogens with zero attached hydrogens (tertiary/aromatic N) is 3. The quantitative estimate of drug-likeness (QED) is 0.189. The Bertz CT molecular complexity index is 2040. The number of piperidine rings is 1. The third-order valence-electron chi connectivity index (χ3n) is 10.9. The highest BCUT2D eigenvalue weighted by Gasteiger charge is 2.44. The van der Waals surface area contributed by atoms with Crippen LogP contribution >= 0.6 is 0 Å². The van der Waals surface area contributed by atoms with Crippen molar-refractivity contribution in [3.8, 4) is 5.75 Å². The molecule has 8 atom stereocenters. The second kappa shape index (κ2) is 18.9. The van der Waals surface area contributed by atoms with Gasteiger partial charge in [0.05, 0.1) is 6.10 Å². The number of hydrogen-bond acceptors (Lipinski definition) is 11. The number of carbonyl (C=O) groups excluding carboxylic acids is 7. The van der Waals surface area contributed by atoms with Crippen LogP contribution in [0.4, 0.5) is 0 Å². The number of amides is 6. The first-order chi connectivity index (χ1) is 28.4. The van der Waals surface area contributed by atoms with Gasteiger partial charge in [-0.25, -0.2) is 9.78 Å². The number of aliphatic hydroxyl groups is 1. The Kier molecular flexibility index (Phi) is 13.6. The Morgan fingerprint density at radius 1 is 0.814 bits per heavy atom. The molecule has 3 aliphatic rings. The average molecular weight is 812 g/mol. The van der Waals surface area contributed by atoms with Crippen LogP contribution in [0.5, 0.6) is 5.75 Å². The molecule has 4 heterocycles. The van der Waals surface area contributed by atoms with Gasteiger partial charge in [0.2, 0.25) is 29.5 Å². The van der Waals surface area contributed by atoms with Gasteiger partial charge >= 0.3 is 5.97 Å². The molecule has 17 nitrogen and oxygen atoms in total. The summed E-state index contributed by atoms with van der Waals surface area (Å²) in [7, 11) is 0. The summed E-state index contributed by atoms with van der Waals surface area (Å²) in [4.78, 5) is 106. The number of esters is 1. The average Bonchev–Trinajstić information content (AvgIpc) is 3.74. The van der Waals surface area contributed by atoms with Crippen molar-refractivity contribution >= 4 is 41.4 Å². The minimum absolute atomic E-state index is 0.0378. The van der Waals surface area contributed by atoms with Gasteiger partial charge in [-0.05, 0) is 55.9 Å². The maximum absolute atomic E-state index is 14.6. The number of carbonyl (C=O) groups is 7. The van der Waals surface area contributed by atoms with E-state index in [9.17, 15) is 43.8 Å². The highest BCUT2D eigenvalue weighted by molar-refractivity contribution is 6.00. The Hall–Kier alpha value is -6.36. The Morgan fingerprint density at radius 3 is 2.15 bits per heavy atom. The van der Waals surface area contributed by atoms with Crippen molar-refractivity contribution in [1.82, 2.24) is 36.1 Å². The lowest BCUT2D eigenvalue weighted by Gasteiger charge is -2.39. The van der Waals surface area contributed by atoms with Crippen LogP contribution in [0.15, 0.2) is 79.0 Å². The summed E-state index contributed by atoms with van der Waals surface area (Å²) in [6.07, 6.45) is -0.325. The van der Waals surface area contributed by atoms with Gasteiger partial charge in [-0.2, -0.15) is 0 Å². The third kappa shape index (κ3) is 9.85. The number of nitrogens with one attached hydrogen (secondary N) is 4. The number of benzene rings is 2. The van der Waals surface area contributed by atoms with Crippen LogP contribution in [0, 0.1) is 0 Å². The molecule has 17 heteroatoms. The monoisotopic (exact) mass is 811 g/mol. The second-order valence-electron chi connectivity index (χ2n) is 15.0. The molecule has 6 rings (SSSR count). The Balaban J connectivity index is 1.41. The fourth-order valence-corrected chi connectivity index (χ4v) is 7.74. The largest absolute Gasteiger partial charge is 0.505 e. The predicted molar refractivity (Wildman–Crippen MR) is 210 cm³/mol. The van der Waals surface area contributed by atoms with E-state index in [2.05, 4.69) is 26.3 Å². The van der Waals surface area contributed by atoms with Crippen molar-refractivity contribution in [3.63, 3.8) is 0 Å². The van der Waals surface area contributed by atoms with Crippen molar-refractivity contribution in [1.29, 1.82) is 0 Å². The highest BCUT2D eigenvalue weighted by atomic mass is 16.5. The minimum Gasteiger partial charge on any atom is -0.505 e. The topological polar surface area (TPSA) is 237 Å². The van der Waals surface area contributed by atoms with Crippen LogP contribution in [0.1, 0.15) is 73.6 Å². The molecule has 59 heavy (non-hydrogen) atoms. The molecule has 3 saturated heterocycles. The summed E-state index contributed by atoms with van der Waals surface area (Å²) in [5.74, 6) is -5.98. The lowest BCUT2D eigenvalue weighted by Crippen LogP contribution is -2.61. The number of hydrogen-bond donors (Lipinski definition) is 6. The lowest BCUT2D eigenvalue weighted by molar-refractivity contribution is -0.156. The number of aromatic nitrogens is 1. The fourth-order valence-electron chi connectivity index (χ4n) is 7.74. The van der Waals surface area contributed by atoms with Crippen molar-refractivity contribution in [2.75, 3.05) is 13.1 Å². The maximum atomic E-state index is 14.6. The predicted octanol–water partition coefficient (Wildman–Crippen LogP) is 0.654. The van der Waals surface area contributed by atoms with Gasteiger partial charge < -0.3 is 46.0 Å². The SMILES string of the molecule is CC[C@H]1NC(=O)[C@@H](NC(=O)c2ncccc2O)[C@@H](C)OC(=O)[C@H](c2ccccc2)NC(=O)[C@@H]2C[C@@H](O)CCN2C(=O)[C@H](Cc2ccccc2)NC(=O)[C@@H]2CCCN2C1=O. The molecular weight excluding hydrogens is 763 g/mol. The van der Waals surface area contributed by atoms with Crippen LogP contribution in [0.3, 0.4) is 0 Å². The smallest absolute Gasteiger partial charge is 0.333 e. The van der Waals surface area contributed by atoms with Crippen molar-refractivity contribution < 1.29 is 48.5 Å². The number of rotatable bonds is 6. The Labute approximate surface area is 340 Å². The summed E-state index contributed by atoms with van der Waals surface area (Å²) in [6, 6.07) is 11.9. The van der Waals surface area contributed by atoms with Crippen molar-refractivity contribution in [2.45, 2.75) is 101 Å². The van der Waals surface area contributed by atoms with Crippen LogP contribution in [0.25, 0.3) is 0 Å². The molecule has 6 N–H and O–H groups in total. The normalized spacial score (nSPS) is 27.4. The molecule has 312 valence electrons. The zero-order valence-electron chi connectivity index (χ0n) is 32.8. The van der Waals surface area contributed by atoms with Crippen molar-refractivity contribution in [2.24, 2.45) is 0 Å². The number of aliphatic hydroxyl groups excluding tert-OH is 1. The molecule has 0 unspecified atom stereocenters. The molecule has 0 spiro atoms. The number of fused-ring (bicyclic) bond motifs is 2. The number of aromatic hydroxyl groups is 1. The van der Waals surface area contributed by atoms with Crippen LogP contribution in [0.2, 0.25) is 0 Å². The molecule has 1 aromatic heterocycles. The van der Waals surface area contributed by atoms with Gasteiger partial charge in [-0.15, -0.1) is 0 Å². The van der Waals surface area contributed by atoms with Gasteiger partial charge in [-0.1, -0.05) is 67.6 Å². The van der Waals surface area contributed by atoms with E-state index < -0.39 is 101 Å². The van der Waals surface area contributed by atoms with Gasteiger partial charge in [0, 0.05) is 32.1 Å². The van der Waals surface area contributed by atoms with E-state index in [1.54, 1.807) is 61.5 Å². The molecule has 0 saturated carbocycles. The van der Waals surface area contributed by atoms with E-state index in [4.69, 9.17) is 4.74 Å². The highest BCUT2D eigenvalue weighted by Crippen LogP contribution is 2.25. The summed E-state index contributed by atoms with van der Waals surface area (Å²) in [5, 5.41) is 31.8. The summed E-state index contributed by atoms with van der Waals surface area (Å²) >= 11 is 0. The molecule has 0 aliphatic carbocycles. The van der Waals surface area contributed by atoms with Crippen LogP contribution < -0.4 is 21.3 Å². The fraction of sp³-hybridized carbons (Fsp3) is 0.429.